The van der Waals surface area contributed by atoms with Gasteiger partial charge in [-0.05, 0) is 70.5 Å². The quantitative estimate of drug-likeness (QED) is 0.545. The molecule has 1 aliphatic rings. The Kier molecular flexibility index (Phi) is 5.97. The zero-order chi connectivity index (χ0) is 23.2. The number of fused-ring (bicyclic) bond motifs is 1. The number of carbonyl (C=O) groups is 2. The predicted octanol–water partition coefficient (Wildman–Crippen LogP) is 5.53. The lowest BCUT2D eigenvalue weighted by Crippen LogP contribution is -2.52. The SMILES string of the molecule is Cc1nc(-c2ccc3c(c2)N(C(C)C(=O)Nc2ccc(C)c(Cl)c2)C(=O)C(C)O3)c(C)s1. The van der Waals surface area contributed by atoms with E-state index in [1.165, 1.54) is 4.90 Å². The molecule has 2 unspecified atom stereocenters. The van der Waals surface area contributed by atoms with Crippen molar-refractivity contribution in [2.75, 3.05) is 10.2 Å². The number of aryl methyl sites for hydroxylation is 3. The number of nitrogens with zero attached hydrogens (tertiary/aromatic N) is 2. The van der Waals surface area contributed by atoms with Gasteiger partial charge >= 0.3 is 0 Å². The molecule has 8 heteroatoms. The van der Waals surface area contributed by atoms with E-state index in [2.05, 4.69) is 10.3 Å². The smallest absolute Gasteiger partial charge is 0.268 e. The first-order valence-corrected chi connectivity index (χ1v) is 11.5. The summed E-state index contributed by atoms with van der Waals surface area (Å²) in [6.45, 7) is 9.26. The Balaban J connectivity index is 1.69. The summed E-state index contributed by atoms with van der Waals surface area (Å²) in [7, 11) is 0. The summed E-state index contributed by atoms with van der Waals surface area (Å²) in [5.41, 5.74) is 3.80. The summed E-state index contributed by atoms with van der Waals surface area (Å²) >= 11 is 7.81. The molecule has 0 spiro atoms. The monoisotopic (exact) mass is 469 g/mol. The number of aromatic nitrogens is 1. The number of nitrogens with one attached hydrogen (secondary N) is 1. The minimum absolute atomic E-state index is 0.273. The van der Waals surface area contributed by atoms with Gasteiger partial charge < -0.3 is 10.1 Å². The molecule has 2 heterocycles. The summed E-state index contributed by atoms with van der Waals surface area (Å²) in [6, 6.07) is 10.2. The second kappa shape index (κ2) is 8.56. The molecule has 0 fully saturated rings. The van der Waals surface area contributed by atoms with Gasteiger partial charge in [0.15, 0.2) is 6.10 Å². The molecule has 1 N–H and O–H groups in total. The third-order valence-corrected chi connectivity index (χ3v) is 6.78. The Labute approximate surface area is 196 Å². The molecule has 4 rings (SSSR count). The standard InChI is InChI=1S/C24H24ClN3O3S/c1-12-6-8-18(11-19(12)25)27-23(29)13(2)28-20-10-17(22-15(4)32-16(5)26-22)7-9-21(20)31-14(3)24(28)30/h6-11,13-14H,1-5H3,(H,27,29). The maximum absolute atomic E-state index is 13.1. The van der Waals surface area contributed by atoms with Gasteiger partial charge in [0.25, 0.3) is 5.91 Å². The maximum atomic E-state index is 13.1. The van der Waals surface area contributed by atoms with Gasteiger partial charge in [-0.1, -0.05) is 17.7 Å². The predicted molar refractivity (Wildman–Crippen MR) is 129 cm³/mol. The fourth-order valence-electron chi connectivity index (χ4n) is 3.74. The molecular formula is C24H24ClN3O3S. The van der Waals surface area contributed by atoms with Crippen LogP contribution in [-0.2, 0) is 9.59 Å². The van der Waals surface area contributed by atoms with Crippen LogP contribution >= 0.6 is 22.9 Å². The van der Waals surface area contributed by atoms with Crippen LogP contribution in [0.25, 0.3) is 11.3 Å². The summed E-state index contributed by atoms with van der Waals surface area (Å²) in [4.78, 5) is 33.4. The van der Waals surface area contributed by atoms with Crippen molar-refractivity contribution in [1.82, 2.24) is 4.98 Å². The van der Waals surface area contributed by atoms with Gasteiger partial charge in [-0.3, -0.25) is 14.5 Å². The van der Waals surface area contributed by atoms with Crippen LogP contribution in [0.5, 0.6) is 5.75 Å². The number of ether oxygens (including phenoxy) is 1. The van der Waals surface area contributed by atoms with E-state index in [-0.39, 0.29) is 11.8 Å². The minimum Gasteiger partial charge on any atom is -0.479 e. The van der Waals surface area contributed by atoms with Gasteiger partial charge in [0.2, 0.25) is 5.91 Å². The van der Waals surface area contributed by atoms with Crippen LogP contribution < -0.4 is 15.0 Å². The normalized spacial score (nSPS) is 16.4. The summed E-state index contributed by atoms with van der Waals surface area (Å²) in [5, 5.41) is 4.40. The number of hydrogen-bond donors (Lipinski definition) is 1. The van der Waals surface area contributed by atoms with Crippen molar-refractivity contribution < 1.29 is 14.3 Å². The van der Waals surface area contributed by atoms with E-state index < -0.39 is 12.1 Å². The molecular weight excluding hydrogens is 446 g/mol. The second-order valence-corrected chi connectivity index (χ2v) is 9.73. The van der Waals surface area contributed by atoms with Crippen molar-refractivity contribution >= 4 is 46.1 Å². The van der Waals surface area contributed by atoms with Gasteiger partial charge in [-0.25, -0.2) is 4.98 Å². The second-order valence-electron chi connectivity index (χ2n) is 7.92. The van der Waals surface area contributed by atoms with Crippen LogP contribution in [0.2, 0.25) is 5.02 Å². The summed E-state index contributed by atoms with van der Waals surface area (Å²) in [6.07, 6.45) is -0.694. The van der Waals surface area contributed by atoms with Crippen LogP contribution in [0.3, 0.4) is 0 Å². The van der Waals surface area contributed by atoms with Gasteiger partial charge in [0.1, 0.15) is 11.8 Å². The van der Waals surface area contributed by atoms with Gasteiger partial charge in [0, 0.05) is 21.2 Å². The van der Waals surface area contributed by atoms with Crippen molar-refractivity contribution in [3.8, 4) is 17.0 Å². The fraction of sp³-hybridized carbons (Fsp3) is 0.292. The Hall–Kier alpha value is -2.90. The highest BCUT2D eigenvalue weighted by Crippen LogP contribution is 2.40. The number of hydrogen-bond acceptors (Lipinski definition) is 5. The molecule has 32 heavy (non-hydrogen) atoms. The number of thiazole rings is 1. The van der Waals surface area contributed by atoms with Gasteiger partial charge in [-0.2, -0.15) is 0 Å². The Morgan fingerprint density at radius 2 is 1.97 bits per heavy atom. The van der Waals surface area contributed by atoms with Crippen LogP contribution in [0, 0.1) is 20.8 Å². The van der Waals surface area contributed by atoms with Crippen LogP contribution in [0.1, 0.15) is 29.3 Å². The third kappa shape index (κ3) is 4.10. The minimum atomic E-state index is -0.763. The molecule has 0 bridgehead atoms. The molecule has 1 aliphatic heterocycles. The number of carbonyl (C=O) groups excluding carboxylic acids is 2. The average Bonchev–Trinajstić information content (AvgIpc) is 3.09. The van der Waals surface area contributed by atoms with E-state index in [1.807, 2.05) is 45.0 Å². The number of benzene rings is 2. The van der Waals surface area contributed by atoms with E-state index in [0.717, 1.165) is 26.7 Å². The molecule has 3 aromatic rings. The first-order valence-electron chi connectivity index (χ1n) is 10.3. The molecule has 0 saturated heterocycles. The number of anilines is 2. The van der Waals surface area contributed by atoms with Crippen molar-refractivity contribution in [3.63, 3.8) is 0 Å². The summed E-state index contributed by atoms with van der Waals surface area (Å²) < 4.78 is 5.82. The zero-order valence-electron chi connectivity index (χ0n) is 18.5. The van der Waals surface area contributed by atoms with E-state index in [1.54, 1.807) is 37.3 Å². The molecule has 0 saturated carbocycles. The maximum Gasteiger partial charge on any atom is 0.268 e. The van der Waals surface area contributed by atoms with E-state index in [9.17, 15) is 9.59 Å². The van der Waals surface area contributed by atoms with E-state index in [4.69, 9.17) is 16.3 Å². The lowest BCUT2D eigenvalue weighted by Gasteiger charge is -2.36. The molecule has 6 nitrogen and oxygen atoms in total. The fourth-order valence-corrected chi connectivity index (χ4v) is 4.76. The Morgan fingerprint density at radius 1 is 1.22 bits per heavy atom. The van der Waals surface area contributed by atoms with E-state index in [0.29, 0.717) is 22.1 Å². The first-order chi connectivity index (χ1) is 15.2. The van der Waals surface area contributed by atoms with Crippen molar-refractivity contribution in [1.29, 1.82) is 0 Å². The lowest BCUT2D eigenvalue weighted by atomic mass is 10.1. The van der Waals surface area contributed by atoms with Crippen LogP contribution in [0.15, 0.2) is 36.4 Å². The van der Waals surface area contributed by atoms with Crippen LogP contribution in [-0.4, -0.2) is 28.9 Å². The number of amides is 2. The highest BCUT2D eigenvalue weighted by Gasteiger charge is 2.37. The van der Waals surface area contributed by atoms with Crippen LogP contribution in [0.4, 0.5) is 11.4 Å². The lowest BCUT2D eigenvalue weighted by molar-refractivity contribution is -0.128. The molecule has 166 valence electrons. The third-order valence-electron chi connectivity index (χ3n) is 5.49. The molecule has 1 aromatic heterocycles. The van der Waals surface area contributed by atoms with Gasteiger partial charge in [-0.15, -0.1) is 11.3 Å². The number of rotatable bonds is 4. The molecule has 0 aliphatic carbocycles. The highest BCUT2D eigenvalue weighted by molar-refractivity contribution is 7.11. The molecule has 2 amide bonds. The number of halogens is 1. The largest absolute Gasteiger partial charge is 0.479 e. The van der Waals surface area contributed by atoms with Crippen molar-refractivity contribution in [2.45, 2.75) is 46.8 Å². The van der Waals surface area contributed by atoms with E-state index >= 15 is 0 Å². The molecule has 0 radical (unpaired) electrons. The summed E-state index contributed by atoms with van der Waals surface area (Å²) in [5.74, 6) is -0.0293. The van der Waals surface area contributed by atoms with Crippen molar-refractivity contribution in [3.05, 3.63) is 56.9 Å². The topological polar surface area (TPSA) is 71.5 Å². The first kappa shape index (κ1) is 22.3. The highest BCUT2D eigenvalue weighted by atomic mass is 35.5. The Bertz CT molecular complexity index is 1220. The van der Waals surface area contributed by atoms with Crippen molar-refractivity contribution in [2.24, 2.45) is 0 Å². The Morgan fingerprint density at radius 3 is 2.62 bits per heavy atom. The van der Waals surface area contributed by atoms with Gasteiger partial charge in [0.05, 0.1) is 16.4 Å². The molecule has 2 atom stereocenters. The molecule has 2 aromatic carbocycles. The average molecular weight is 470 g/mol. The zero-order valence-corrected chi connectivity index (χ0v) is 20.1.